The van der Waals surface area contributed by atoms with Gasteiger partial charge in [-0.15, -0.1) is 0 Å². The molecule has 2 aromatic carbocycles. The van der Waals surface area contributed by atoms with E-state index < -0.39 is 22.6 Å². The Kier molecular flexibility index (Phi) is 3.40. The van der Waals surface area contributed by atoms with E-state index in [1.165, 1.54) is 12.1 Å². The lowest BCUT2D eigenvalue weighted by Crippen LogP contribution is -2.09. The van der Waals surface area contributed by atoms with Crippen molar-refractivity contribution in [1.82, 2.24) is 15.4 Å². The van der Waals surface area contributed by atoms with Crippen LogP contribution in [0.4, 0.5) is 17.6 Å². The zero-order valence-corrected chi connectivity index (χ0v) is 11.3. The van der Waals surface area contributed by atoms with E-state index in [9.17, 15) is 17.6 Å². The van der Waals surface area contributed by atoms with Gasteiger partial charge in [-0.2, -0.15) is 28.6 Å². The first-order valence-corrected chi connectivity index (χ1v) is 6.27. The van der Waals surface area contributed by atoms with E-state index in [0.717, 1.165) is 6.07 Å². The molecule has 1 aromatic heterocycles. The van der Waals surface area contributed by atoms with Crippen LogP contribution in [0.1, 0.15) is 5.56 Å². The Morgan fingerprint density at radius 2 is 1.73 bits per heavy atom. The van der Waals surface area contributed by atoms with Crippen LogP contribution in [0.2, 0.25) is 5.02 Å². The quantitative estimate of drug-likeness (QED) is 0.700. The molecule has 3 rings (SSSR count). The van der Waals surface area contributed by atoms with E-state index in [0.29, 0.717) is 17.1 Å². The minimum atomic E-state index is -4.88. The van der Waals surface area contributed by atoms with Gasteiger partial charge in [0, 0.05) is 18.2 Å². The van der Waals surface area contributed by atoms with Crippen LogP contribution in [0.3, 0.4) is 0 Å². The first-order chi connectivity index (χ1) is 10.3. The summed E-state index contributed by atoms with van der Waals surface area (Å²) >= 11 is 5.50. The summed E-state index contributed by atoms with van der Waals surface area (Å²) in [4.78, 5) is 0. The molecule has 0 aliphatic rings. The third-order valence-corrected chi connectivity index (χ3v) is 3.12. The largest absolute Gasteiger partial charge is 0.457 e. The molecule has 0 saturated heterocycles. The molecule has 0 aliphatic heterocycles. The standard InChI is InChI=1S/C13H6ClF4N3O/c14-8-3-7(4-9(15)12(8)13(16,17)18)22-6-1-2-10-11(5-6)20-21-19-10/h1-5H,(H,19,20,21). The molecule has 1 N–H and O–H groups in total. The number of nitrogens with one attached hydrogen (secondary N) is 1. The van der Waals surface area contributed by atoms with Gasteiger partial charge in [0.15, 0.2) is 0 Å². The molecule has 0 atom stereocenters. The highest BCUT2D eigenvalue weighted by Crippen LogP contribution is 2.39. The summed E-state index contributed by atoms with van der Waals surface area (Å²) in [5.41, 5.74) is -0.437. The summed E-state index contributed by atoms with van der Waals surface area (Å²) in [5, 5.41) is 9.31. The number of hydrogen-bond donors (Lipinski definition) is 1. The fourth-order valence-electron chi connectivity index (χ4n) is 1.90. The molecule has 4 nitrogen and oxygen atoms in total. The summed E-state index contributed by atoms with van der Waals surface area (Å²) < 4.78 is 56.8. The van der Waals surface area contributed by atoms with Crippen LogP contribution in [0, 0.1) is 5.82 Å². The van der Waals surface area contributed by atoms with Crippen LogP contribution in [-0.4, -0.2) is 15.4 Å². The maximum atomic E-state index is 13.6. The zero-order chi connectivity index (χ0) is 15.9. The number of fused-ring (bicyclic) bond motifs is 1. The number of halogens is 5. The summed E-state index contributed by atoms with van der Waals surface area (Å²) in [5.74, 6) is -1.40. The number of hydrogen-bond acceptors (Lipinski definition) is 3. The van der Waals surface area contributed by atoms with Crippen LogP contribution >= 0.6 is 11.6 Å². The molecule has 0 unspecified atom stereocenters. The van der Waals surface area contributed by atoms with Gasteiger partial charge in [0.2, 0.25) is 0 Å². The first-order valence-electron chi connectivity index (χ1n) is 5.89. The maximum absolute atomic E-state index is 13.6. The normalized spacial score (nSPS) is 11.9. The molecule has 114 valence electrons. The zero-order valence-electron chi connectivity index (χ0n) is 10.6. The molecule has 1 heterocycles. The van der Waals surface area contributed by atoms with Crippen molar-refractivity contribution in [3.63, 3.8) is 0 Å². The van der Waals surface area contributed by atoms with E-state index in [1.54, 1.807) is 6.07 Å². The molecule has 0 saturated carbocycles. The summed E-state index contributed by atoms with van der Waals surface area (Å²) in [6.07, 6.45) is -4.88. The number of nitrogens with zero attached hydrogens (tertiary/aromatic N) is 2. The summed E-state index contributed by atoms with van der Waals surface area (Å²) in [7, 11) is 0. The second-order valence-corrected chi connectivity index (χ2v) is 4.74. The Hall–Kier alpha value is -2.35. The van der Waals surface area contributed by atoms with Gasteiger partial charge >= 0.3 is 6.18 Å². The van der Waals surface area contributed by atoms with E-state index >= 15 is 0 Å². The van der Waals surface area contributed by atoms with Crippen molar-refractivity contribution in [2.75, 3.05) is 0 Å². The molecular weight excluding hydrogens is 326 g/mol. The molecule has 22 heavy (non-hydrogen) atoms. The van der Waals surface area contributed by atoms with E-state index in [2.05, 4.69) is 15.4 Å². The molecular formula is C13H6ClF4N3O. The summed E-state index contributed by atoms with van der Waals surface area (Å²) in [6, 6.07) is 6.15. The van der Waals surface area contributed by atoms with E-state index in [-0.39, 0.29) is 11.5 Å². The van der Waals surface area contributed by atoms with Crippen LogP contribution in [0.5, 0.6) is 11.5 Å². The van der Waals surface area contributed by atoms with Crippen LogP contribution in [-0.2, 0) is 6.18 Å². The predicted octanol–water partition coefficient (Wildman–Crippen LogP) is 4.56. The number of aromatic nitrogens is 3. The highest BCUT2D eigenvalue weighted by molar-refractivity contribution is 6.31. The molecule has 0 spiro atoms. The summed E-state index contributed by atoms with van der Waals surface area (Å²) in [6.45, 7) is 0. The van der Waals surface area contributed by atoms with Crippen molar-refractivity contribution >= 4 is 22.6 Å². The topological polar surface area (TPSA) is 50.8 Å². The lowest BCUT2D eigenvalue weighted by Gasteiger charge is -2.12. The number of benzene rings is 2. The molecule has 0 radical (unpaired) electrons. The lowest BCUT2D eigenvalue weighted by atomic mass is 10.2. The van der Waals surface area contributed by atoms with Gasteiger partial charge in [0.25, 0.3) is 0 Å². The highest BCUT2D eigenvalue weighted by Gasteiger charge is 2.37. The van der Waals surface area contributed by atoms with Crippen molar-refractivity contribution in [1.29, 1.82) is 0 Å². The van der Waals surface area contributed by atoms with E-state index in [4.69, 9.17) is 16.3 Å². The molecule has 0 aliphatic carbocycles. The average molecular weight is 332 g/mol. The van der Waals surface area contributed by atoms with Crippen LogP contribution in [0.25, 0.3) is 11.0 Å². The van der Waals surface area contributed by atoms with Crippen molar-refractivity contribution in [3.8, 4) is 11.5 Å². The van der Waals surface area contributed by atoms with Gasteiger partial charge in [-0.3, -0.25) is 0 Å². The number of H-pyrrole nitrogens is 1. The van der Waals surface area contributed by atoms with Gasteiger partial charge < -0.3 is 4.74 Å². The van der Waals surface area contributed by atoms with Crippen molar-refractivity contribution in [3.05, 3.63) is 46.7 Å². The van der Waals surface area contributed by atoms with E-state index in [1.807, 2.05) is 0 Å². The van der Waals surface area contributed by atoms with Gasteiger partial charge in [-0.05, 0) is 12.1 Å². The van der Waals surface area contributed by atoms with Gasteiger partial charge in [0.1, 0.15) is 33.9 Å². The Balaban J connectivity index is 1.95. The third-order valence-electron chi connectivity index (χ3n) is 2.82. The number of aromatic amines is 1. The molecule has 0 fully saturated rings. The van der Waals surface area contributed by atoms with Crippen LogP contribution in [0.15, 0.2) is 30.3 Å². The number of alkyl halides is 3. The second kappa shape index (κ2) is 5.13. The van der Waals surface area contributed by atoms with Crippen molar-refractivity contribution in [2.45, 2.75) is 6.18 Å². The van der Waals surface area contributed by atoms with Gasteiger partial charge in [-0.1, -0.05) is 11.6 Å². The average Bonchev–Trinajstić information content (AvgIpc) is 2.83. The molecule has 3 aromatic rings. The lowest BCUT2D eigenvalue weighted by molar-refractivity contribution is -0.139. The monoisotopic (exact) mass is 331 g/mol. The fourth-order valence-corrected chi connectivity index (χ4v) is 2.20. The molecule has 9 heteroatoms. The number of rotatable bonds is 2. The molecule has 0 amide bonds. The highest BCUT2D eigenvalue weighted by atomic mass is 35.5. The Bertz CT molecular complexity index is 824. The Morgan fingerprint density at radius 3 is 2.41 bits per heavy atom. The maximum Gasteiger partial charge on any atom is 0.420 e. The second-order valence-electron chi connectivity index (χ2n) is 4.34. The van der Waals surface area contributed by atoms with Crippen LogP contribution < -0.4 is 4.74 Å². The molecule has 0 bridgehead atoms. The minimum absolute atomic E-state index is 0.154. The Labute approximate surface area is 125 Å². The van der Waals surface area contributed by atoms with Crippen molar-refractivity contribution in [2.24, 2.45) is 0 Å². The van der Waals surface area contributed by atoms with Crippen molar-refractivity contribution < 1.29 is 22.3 Å². The Morgan fingerprint density at radius 1 is 1.00 bits per heavy atom. The third kappa shape index (κ3) is 2.69. The first kappa shape index (κ1) is 14.6. The minimum Gasteiger partial charge on any atom is -0.457 e. The predicted molar refractivity (Wildman–Crippen MR) is 70.4 cm³/mol. The number of ether oxygens (including phenoxy) is 1. The smallest absolute Gasteiger partial charge is 0.420 e. The van der Waals surface area contributed by atoms with Gasteiger partial charge in [-0.25, -0.2) is 4.39 Å². The SMILES string of the molecule is Fc1cc(Oc2ccc3n[nH]nc3c2)cc(Cl)c1C(F)(F)F. The fraction of sp³-hybridized carbons (Fsp3) is 0.0769. The van der Waals surface area contributed by atoms with Gasteiger partial charge in [0.05, 0.1) is 5.02 Å².